The van der Waals surface area contributed by atoms with Crippen LogP contribution in [-0.2, 0) is 19.0 Å². The summed E-state index contributed by atoms with van der Waals surface area (Å²) in [5.41, 5.74) is 0.477. The van der Waals surface area contributed by atoms with Crippen molar-refractivity contribution in [2.24, 2.45) is 0 Å². The van der Waals surface area contributed by atoms with Gasteiger partial charge in [0.05, 0.1) is 6.61 Å². The maximum Gasteiger partial charge on any atom is 0.333 e. The number of carbonyl (C=O) groups excluding carboxylic acids is 1. The van der Waals surface area contributed by atoms with Crippen LogP contribution in [0, 0.1) is 0 Å². The summed E-state index contributed by atoms with van der Waals surface area (Å²) in [7, 11) is 0. The Kier molecular flexibility index (Phi) is 15.8. The minimum absolute atomic E-state index is 0.271. The number of rotatable bonds is 18. The Hall–Kier alpha value is -0.870. The summed E-state index contributed by atoms with van der Waals surface area (Å²) < 4.78 is 16.6. The molecule has 0 bridgehead atoms. The molecular weight excluding hydrogens is 328 g/mol. The Morgan fingerprint density at radius 3 is 1.65 bits per heavy atom. The van der Waals surface area contributed by atoms with E-state index in [0.29, 0.717) is 25.4 Å². The fourth-order valence-corrected chi connectivity index (χ4v) is 3.05. The van der Waals surface area contributed by atoms with Gasteiger partial charge in [-0.15, -0.1) is 0 Å². The SMILES string of the molecule is C=C(C)C(=O)OCCCCCCCCCCCCC(C)(OCC)OCC. The van der Waals surface area contributed by atoms with Gasteiger partial charge >= 0.3 is 5.97 Å². The van der Waals surface area contributed by atoms with Gasteiger partial charge in [-0.25, -0.2) is 4.79 Å². The van der Waals surface area contributed by atoms with E-state index in [4.69, 9.17) is 14.2 Å². The summed E-state index contributed by atoms with van der Waals surface area (Å²) in [5.74, 6) is -0.671. The van der Waals surface area contributed by atoms with Gasteiger partial charge < -0.3 is 14.2 Å². The smallest absolute Gasteiger partial charge is 0.333 e. The summed E-state index contributed by atoms with van der Waals surface area (Å²) in [6.45, 7) is 13.3. The molecule has 0 aromatic heterocycles. The van der Waals surface area contributed by atoms with Crippen LogP contribution >= 0.6 is 0 Å². The summed E-state index contributed by atoms with van der Waals surface area (Å²) in [4.78, 5) is 11.2. The molecule has 0 unspecified atom stereocenters. The highest BCUT2D eigenvalue weighted by molar-refractivity contribution is 5.86. The molecule has 0 spiro atoms. The van der Waals surface area contributed by atoms with Gasteiger partial charge in [0.2, 0.25) is 0 Å². The molecule has 0 saturated heterocycles. The minimum Gasteiger partial charge on any atom is -0.462 e. The fraction of sp³-hybridized carbons (Fsp3) is 0.864. The van der Waals surface area contributed by atoms with Gasteiger partial charge in [0.15, 0.2) is 5.79 Å². The second-order valence-corrected chi connectivity index (χ2v) is 7.20. The molecule has 0 aromatic rings. The Labute approximate surface area is 161 Å². The molecule has 0 aliphatic rings. The first-order valence-electron chi connectivity index (χ1n) is 10.6. The molecule has 0 heterocycles. The van der Waals surface area contributed by atoms with Gasteiger partial charge in [0.1, 0.15) is 0 Å². The van der Waals surface area contributed by atoms with Gasteiger partial charge in [0.25, 0.3) is 0 Å². The predicted octanol–water partition coefficient (Wildman–Crippen LogP) is 6.19. The molecule has 0 aliphatic heterocycles. The second kappa shape index (κ2) is 16.3. The molecular formula is C22H42O4. The maximum absolute atomic E-state index is 11.2. The average molecular weight is 371 g/mol. The van der Waals surface area contributed by atoms with Crippen molar-refractivity contribution in [2.45, 2.75) is 104 Å². The summed E-state index contributed by atoms with van der Waals surface area (Å²) >= 11 is 0. The van der Waals surface area contributed by atoms with Crippen LogP contribution in [0.5, 0.6) is 0 Å². The van der Waals surface area contributed by atoms with Crippen molar-refractivity contribution in [3.8, 4) is 0 Å². The van der Waals surface area contributed by atoms with Crippen LogP contribution in [0.3, 0.4) is 0 Å². The van der Waals surface area contributed by atoms with E-state index < -0.39 is 5.79 Å². The van der Waals surface area contributed by atoms with Crippen molar-refractivity contribution in [3.05, 3.63) is 12.2 Å². The van der Waals surface area contributed by atoms with Gasteiger partial charge in [-0.05, 0) is 40.5 Å². The number of hydrogen-bond acceptors (Lipinski definition) is 4. The van der Waals surface area contributed by atoms with Crippen molar-refractivity contribution >= 4 is 5.97 Å². The molecule has 0 atom stereocenters. The molecule has 0 N–H and O–H groups in total. The Morgan fingerprint density at radius 2 is 1.23 bits per heavy atom. The van der Waals surface area contributed by atoms with Crippen LogP contribution in [0.4, 0.5) is 0 Å². The highest BCUT2D eigenvalue weighted by Gasteiger charge is 2.23. The first-order valence-corrected chi connectivity index (χ1v) is 10.6. The third-order valence-corrected chi connectivity index (χ3v) is 4.51. The number of esters is 1. The van der Waals surface area contributed by atoms with E-state index in [2.05, 4.69) is 13.5 Å². The monoisotopic (exact) mass is 370 g/mol. The van der Waals surface area contributed by atoms with Gasteiger partial charge in [-0.2, -0.15) is 0 Å². The van der Waals surface area contributed by atoms with Crippen molar-refractivity contribution in [1.82, 2.24) is 0 Å². The van der Waals surface area contributed by atoms with E-state index in [1.54, 1.807) is 6.92 Å². The molecule has 0 radical (unpaired) electrons. The number of carbonyl (C=O) groups is 1. The first kappa shape index (κ1) is 25.1. The van der Waals surface area contributed by atoms with E-state index in [1.807, 2.05) is 13.8 Å². The van der Waals surface area contributed by atoms with Crippen molar-refractivity contribution in [1.29, 1.82) is 0 Å². The number of hydrogen-bond donors (Lipinski definition) is 0. The zero-order valence-corrected chi connectivity index (χ0v) is 17.7. The standard InChI is InChI=1S/C22H42O4/c1-6-25-22(5,26-7-2)18-16-14-12-10-8-9-11-13-15-17-19-24-21(23)20(3)4/h3,6-19H2,1-2,4-5H3. The fourth-order valence-electron chi connectivity index (χ4n) is 3.05. The van der Waals surface area contributed by atoms with E-state index in [-0.39, 0.29) is 5.97 Å². The van der Waals surface area contributed by atoms with Crippen LogP contribution in [0.25, 0.3) is 0 Å². The van der Waals surface area contributed by atoms with E-state index in [1.165, 1.54) is 51.4 Å². The van der Waals surface area contributed by atoms with E-state index in [9.17, 15) is 4.79 Å². The highest BCUT2D eigenvalue weighted by Crippen LogP contribution is 2.21. The lowest BCUT2D eigenvalue weighted by molar-refractivity contribution is -0.225. The molecule has 0 amide bonds. The van der Waals surface area contributed by atoms with Crippen molar-refractivity contribution < 1.29 is 19.0 Å². The Bertz CT molecular complexity index is 359. The molecule has 0 aromatic carbocycles. The third-order valence-electron chi connectivity index (χ3n) is 4.51. The predicted molar refractivity (Wildman–Crippen MR) is 108 cm³/mol. The normalized spacial score (nSPS) is 11.5. The largest absolute Gasteiger partial charge is 0.462 e. The van der Waals surface area contributed by atoms with Gasteiger partial charge in [-0.3, -0.25) is 0 Å². The molecule has 4 nitrogen and oxygen atoms in total. The molecule has 0 rings (SSSR count). The van der Waals surface area contributed by atoms with Crippen LogP contribution < -0.4 is 0 Å². The lowest BCUT2D eigenvalue weighted by Gasteiger charge is -2.29. The number of ether oxygens (including phenoxy) is 3. The Morgan fingerprint density at radius 1 is 0.808 bits per heavy atom. The summed E-state index contributed by atoms with van der Waals surface area (Å²) in [6, 6.07) is 0. The molecule has 4 heteroatoms. The zero-order valence-electron chi connectivity index (χ0n) is 17.7. The van der Waals surface area contributed by atoms with Gasteiger partial charge in [-0.1, -0.05) is 57.9 Å². The molecule has 154 valence electrons. The second-order valence-electron chi connectivity index (χ2n) is 7.20. The molecule has 0 fully saturated rings. The molecule has 0 aliphatic carbocycles. The minimum atomic E-state index is -0.401. The topological polar surface area (TPSA) is 44.8 Å². The lowest BCUT2D eigenvalue weighted by atomic mass is 10.0. The van der Waals surface area contributed by atoms with Crippen LogP contribution in [0.15, 0.2) is 12.2 Å². The van der Waals surface area contributed by atoms with Crippen LogP contribution in [0.1, 0.15) is 98.3 Å². The summed E-state index contributed by atoms with van der Waals surface area (Å²) in [6.07, 6.45) is 13.2. The van der Waals surface area contributed by atoms with Crippen molar-refractivity contribution in [3.63, 3.8) is 0 Å². The molecule has 26 heavy (non-hydrogen) atoms. The highest BCUT2D eigenvalue weighted by atomic mass is 16.7. The lowest BCUT2D eigenvalue weighted by Crippen LogP contribution is -2.32. The average Bonchev–Trinajstić information content (AvgIpc) is 2.59. The van der Waals surface area contributed by atoms with E-state index >= 15 is 0 Å². The van der Waals surface area contributed by atoms with Gasteiger partial charge in [0, 0.05) is 25.2 Å². The quantitative estimate of drug-likeness (QED) is 0.125. The van der Waals surface area contributed by atoms with E-state index in [0.717, 1.165) is 19.3 Å². The van der Waals surface area contributed by atoms with Crippen LogP contribution in [0.2, 0.25) is 0 Å². The summed E-state index contributed by atoms with van der Waals surface area (Å²) in [5, 5.41) is 0. The first-order chi connectivity index (χ1) is 12.4. The molecule has 0 saturated carbocycles. The van der Waals surface area contributed by atoms with Crippen LogP contribution in [-0.4, -0.2) is 31.6 Å². The zero-order chi connectivity index (χ0) is 19.7. The maximum atomic E-state index is 11.2. The Balaban J connectivity index is 3.38. The third kappa shape index (κ3) is 14.3. The van der Waals surface area contributed by atoms with Crippen molar-refractivity contribution in [2.75, 3.05) is 19.8 Å². The number of unbranched alkanes of at least 4 members (excludes halogenated alkanes) is 9.